The summed E-state index contributed by atoms with van der Waals surface area (Å²) in [5.74, 6) is 0. The van der Waals surface area contributed by atoms with E-state index in [2.05, 4.69) is 19.6 Å². The fourth-order valence-corrected chi connectivity index (χ4v) is 6.56. The van der Waals surface area contributed by atoms with Gasteiger partial charge in [-0.15, -0.1) is 0 Å². The normalized spacial score (nSPS) is 50.1. The van der Waals surface area contributed by atoms with E-state index in [1.54, 1.807) is 0 Å². The van der Waals surface area contributed by atoms with Gasteiger partial charge in [-0.25, -0.2) is 0 Å². The minimum Gasteiger partial charge on any atom is -0.387 e. The van der Waals surface area contributed by atoms with Crippen LogP contribution >= 0.6 is 0 Å². The Morgan fingerprint density at radius 2 is 2.00 bits per heavy atom. The highest BCUT2D eigenvalue weighted by atomic mass is 28.3. The number of ether oxygens (including phenoxy) is 1. The Labute approximate surface area is 81.3 Å². The Bertz CT molecular complexity index is 232. The molecule has 2 rings (SSSR count). The summed E-state index contributed by atoms with van der Waals surface area (Å²) in [5.41, 5.74) is -0.569. The number of aliphatic hydroxyl groups is 1. The first kappa shape index (κ1) is 9.68. The van der Waals surface area contributed by atoms with Crippen LogP contribution in [0.3, 0.4) is 0 Å². The van der Waals surface area contributed by atoms with Gasteiger partial charge in [-0.1, -0.05) is 19.6 Å². The summed E-state index contributed by atoms with van der Waals surface area (Å²) >= 11 is 0. The molecule has 13 heavy (non-hydrogen) atoms. The Hall–Kier alpha value is 0.137. The van der Waals surface area contributed by atoms with Crippen molar-refractivity contribution in [2.75, 3.05) is 0 Å². The molecule has 3 heteroatoms. The SMILES string of the molecule is C[C@@]1(O)CCC[C@@H]2O[C@@]21[Si](C)(C)C. The van der Waals surface area contributed by atoms with Crippen molar-refractivity contribution in [3.63, 3.8) is 0 Å². The zero-order valence-corrected chi connectivity index (χ0v) is 10.1. The first-order valence-electron chi connectivity index (χ1n) is 5.21. The first-order chi connectivity index (χ1) is 5.81. The smallest absolute Gasteiger partial charge is 0.111 e. The van der Waals surface area contributed by atoms with Crippen LogP contribution in [-0.4, -0.2) is 30.1 Å². The Balaban J connectivity index is 2.33. The molecule has 0 aromatic carbocycles. The van der Waals surface area contributed by atoms with Gasteiger partial charge in [-0.3, -0.25) is 0 Å². The van der Waals surface area contributed by atoms with Gasteiger partial charge < -0.3 is 9.84 Å². The highest BCUT2D eigenvalue weighted by molar-refractivity contribution is 6.80. The van der Waals surface area contributed by atoms with Gasteiger partial charge in [0, 0.05) is 0 Å². The van der Waals surface area contributed by atoms with E-state index in [0.717, 1.165) is 19.3 Å². The lowest BCUT2D eigenvalue weighted by molar-refractivity contribution is -0.00396. The summed E-state index contributed by atoms with van der Waals surface area (Å²) in [7, 11) is -1.41. The molecule has 76 valence electrons. The van der Waals surface area contributed by atoms with Crippen molar-refractivity contribution in [3.05, 3.63) is 0 Å². The molecule has 1 N–H and O–H groups in total. The highest BCUT2D eigenvalue weighted by Crippen LogP contribution is 2.58. The van der Waals surface area contributed by atoms with E-state index in [4.69, 9.17) is 4.74 Å². The molecule has 2 nitrogen and oxygen atoms in total. The van der Waals surface area contributed by atoms with Gasteiger partial charge in [0.15, 0.2) is 0 Å². The van der Waals surface area contributed by atoms with Crippen LogP contribution in [0.4, 0.5) is 0 Å². The van der Waals surface area contributed by atoms with E-state index >= 15 is 0 Å². The maximum absolute atomic E-state index is 10.4. The highest BCUT2D eigenvalue weighted by Gasteiger charge is 2.73. The lowest BCUT2D eigenvalue weighted by Crippen LogP contribution is -2.60. The van der Waals surface area contributed by atoms with E-state index in [0.29, 0.717) is 6.10 Å². The second-order valence-electron chi connectivity index (χ2n) is 5.76. The molecule has 1 saturated carbocycles. The van der Waals surface area contributed by atoms with Crippen molar-refractivity contribution in [2.24, 2.45) is 0 Å². The van der Waals surface area contributed by atoms with Gasteiger partial charge in [0.05, 0.1) is 19.8 Å². The molecule has 2 fully saturated rings. The van der Waals surface area contributed by atoms with Gasteiger partial charge in [0.25, 0.3) is 0 Å². The lowest BCUT2D eigenvalue weighted by Gasteiger charge is -2.41. The summed E-state index contributed by atoms with van der Waals surface area (Å²) < 4.78 is 5.86. The number of hydrogen-bond acceptors (Lipinski definition) is 2. The summed E-state index contributed by atoms with van der Waals surface area (Å²) in [6, 6.07) is 0. The third kappa shape index (κ3) is 1.07. The predicted molar refractivity (Wildman–Crippen MR) is 55.4 cm³/mol. The molecule has 0 aromatic heterocycles. The standard InChI is InChI=1S/C10H20O2Si/c1-9(11)7-5-6-8-10(9,12-8)13(2,3)4/h8,11H,5-7H2,1-4H3/t8-,9+,10+/m0/s1. The van der Waals surface area contributed by atoms with E-state index in [9.17, 15) is 5.11 Å². The second-order valence-corrected chi connectivity index (χ2v) is 11.0. The van der Waals surface area contributed by atoms with Gasteiger partial charge in [-0.05, 0) is 26.2 Å². The molecule has 0 radical (unpaired) electrons. The van der Waals surface area contributed by atoms with Crippen LogP contribution in [0, 0.1) is 0 Å². The molecule has 0 aromatic rings. The molecular formula is C10H20O2Si. The van der Waals surface area contributed by atoms with Crippen molar-refractivity contribution in [1.82, 2.24) is 0 Å². The average molecular weight is 200 g/mol. The van der Waals surface area contributed by atoms with Crippen molar-refractivity contribution in [2.45, 2.75) is 62.8 Å². The average Bonchev–Trinajstić information content (AvgIpc) is 2.60. The minimum atomic E-state index is -1.41. The van der Waals surface area contributed by atoms with Gasteiger partial charge >= 0.3 is 0 Å². The maximum atomic E-state index is 10.4. The molecule has 2 aliphatic rings. The van der Waals surface area contributed by atoms with Crippen molar-refractivity contribution >= 4 is 8.07 Å². The second kappa shape index (κ2) is 2.38. The van der Waals surface area contributed by atoms with Crippen molar-refractivity contribution < 1.29 is 9.84 Å². The van der Waals surface area contributed by atoms with E-state index in [-0.39, 0.29) is 5.22 Å². The molecule has 3 atom stereocenters. The fraction of sp³-hybridized carbons (Fsp3) is 1.00. The van der Waals surface area contributed by atoms with Crippen LogP contribution in [-0.2, 0) is 4.74 Å². The third-order valence-corrected chi connectivity index (χ3v) is 6.98. The topological polar surface area (TPSA) is 32.8 Å². The third-order valence-electron chi connectivity index (χ3n) is 3.77. The molecule has 0 unspecified atom stereocenters. The van der Waals surface area contributed by atoms with E-state index in [1.807, 2.05) is 6.92 Å². The molecule has 1 aliphatic heterocycles. The number of hydrogen-bond donors (Lipinski definition) is 1. The van der Waals surface area contributed by atoms with Crippen molar-refractivity contribution in [1.29, 1.82) is 0 Å². The van der Waals surface area contributed by atoms with Gasteiger partial charge in [0.1, 0.15) is 5.22 Å². The number of fused-ring (bicyclic) bond motifs is 1. The fourth-order valence-electron chi connectivity index (χ4n) is 3.21. The van der Waals surface area contributed by atoms with Crippen LogP contribution in [0.2, 0.25) is 19.6 Å². The molecule has 0 amide bonds. The molecule has 0 spiro atoms. The summed E-state index contributed by atoms with van der Waals surface area (Å²) in [4.78, 5) is 0. The zero-order valence-electron chi connectivity index (χ0n) is 9.05. The van der Waals surface area contributed by atoms with Gasteiger partial charge in [-0.2, -0.15) is 0 Å². The quantitative estimate of drug-likeness (QED) is 0.518. The van der Waals surface area contributed by atoms with Crippen LogP contribution < -0.4 is 0 Å². The van der Waals surface area contributed by atoms with Gasteiger partial charge in [0.2, 0.25) is 0 Å². The molecule has 1 aliphatic carbocycles. The van der Waals surface area contributed by atoms with Crippen LogP contribution in [0.1, 0.15) is 26.2 Å². The number of rotatable bonds is 1. The van der Waals surface area contributed by atoms with Crippen molar-refractivity contribution in [3.8, 4) is 0 Å². The predicted octanol–water partition coefficient (Wildman–Crippen LogP) is 1.94. The lowest BCUT2D eigenvalue weighted by atomic mass is 9.86. The Morgan fingerprint density at radius 3 is 2.38 bits per heavy atom. The molecule has 1 saturated heterocycles. The van der Waals surface area contributed by atoms with E-state index in [1.165, 1.54) is 0 Å². The van der Waals surface area contributed by atoms with Crippen LogP contribution in [0.15, 0.2) is 0 Å². The minimum absolute atomic E-state index is 0.127. The molecular weight excluding hydrogens is 180 g/mol. The molecule has 1 heterocycles. The maximum Gasteiger partial charge on any atom is 0.111 e. The summed E-state index contributed by atoms with van der Waals surface area (Å²) in [6.07, 6.45) is 3.54. The zero-order chi connectivity index (χ0) is 9.91. The number of epoxide rings is 1. The summed E-state index contributed by atoms with van der Waals surface area (Å²) in [6.45, 7) is 8.86. The summed E-state index contributed by atoms with van der Waals surface area (Å²) in [5, 5.41) is 10.3. The monoisotopic (exact) mass is 200 g/mol. The van der Waals surface area contributed by atoms with Crippen LogP contribution in [0.25, 0.3) is 0 Å². The Morgan fingerprint density at radius 1 is 1.38 bits per heavy atom. The van der Waals surface area contributed by atoms with Crippen LogP contribution in [0.5, 0.6) is 0 Å². The Kier molecular flexibility index (Phi) is 1.77. The first-order valence-corrected chi connectivity index (χ1v) is 8.71. The van der Waals surface area contributed by atoms with E-state index < -0.39 is 13.7 Å². The largest absolute Gasteiger partial charge is 0.387 e. The molecule has 0 bridgehead atoms.